The molecule has 13 heavy (non-hydrogen) atoms. The first-order valence-corrected chi connectivity index (χ1v) is 4.42. The van der Waals surface area contributed by atoms with Crippen LogP contribution in [0, 0.1) is 0 Å². The maximum atomic E-state index is 11.6. The zero-order valence-corrected chi connectivity index (χ0v) is 7.36. The third-order valence-corrected chi connectivity index (χ3v) is 2.04. The minimum Gasteiger partial charge on any atom is -0.285 e. The minimum atomic E-state index is -0.163. The predicted octanol–water partition coefficient (Wildman–Crippen LogP) is 1.16. The lowest BCUT2D eigenvalue weighted by molar-refractivity contribution is 0.103. The first-order chi connectivity index (χ1) is 6.38. The summed E-state index contributed by atoms with van der Waals surface area (Å²) in [5, 5.41) is 1.76. The van der Waals surface area contributed by atoms with Crippen LogP contribution in [0.2, 0.25) is 0 Å². The number of carbonyl (C=O) groups excluding carboxylic acids is 1. The Kier molecular flexibility index (Phi) is 2.09. The van der Waals surface area contributed by atoms with Crippen LogP contribution >= 0.6 is 11.5 Å². The van der Waals surface area contributed by atoms with Crippen LogP contribution in [0.4, 0.5) is 0 Å². The summed E-state index contributed by atoms with van der Waals surface area (Å²) < 4.78 is 3.92. The van der Waals surface area contributed by atoms with E-state index in [-0.39, 0.29) is 5.78 Å². The Labute approximate surface area is 78.5 Å². The zero-order chi connectivity index (χ0) is 9.10. The summed E-state index contributed by atoms with van der Waals surface area (Å²) >= 11 is 1.25. The molecule has 2 aromatic heterocycles. The lowest BCUT2D eigenvalue weighted by Crippen LogP contribution is -2.03. The molecule has 0 atom stereocenters. The third kappa shape index (κ3) is 1.59. The van der Waals surface area contributed by atoms with Gasteiger partial charge in [0.1, 0.15) is 17.7 Å². The summed E-state index contributed by atoms with van der Waals surface area (Å²) in [4.78, 5) is 19.1. The van der Waals surface area contributed by atoms with Crippen molar-refractivity contribution in [2.24, 2.45) is 0 Å². The molecular formula is C8H5N3OS. The Hall–Kier alpha value is -1.62. The molecule has 0 saturated heterocycles. The highest BCUT2D eigenvalue weighted by Gasteiger charge is 2.11. The maximum Gasteiger partial charge on any atom is 0.230 e. The largest absolute Gasteiger partial charge is 0.285 e. The van der Waals surface area contributed by atoms with Crippen LogP contribution in [0.15, 0.2) is 30.0 Å². The summed E-state index contributed by atoms with van der Waals surface area (Å²) in [6.07, 6.45) is 2.88. The molecule has 0 unspecified atom stereocenters. The van der Waals surface area contributed by atoms with Crippen molar-refractivity contribution in [3.05, 3.63) is 41.4 Å². The average Bonchev–Trinajstić information content (AvgIpc) is 2.71. The molecule has 2 rings (SSSR count). The molecule has 0 bridgehead atoms. The molecule has 2 aromatic rings. The second-order valence-electron chi connectivity index (χ2n) is 2.31. The molecule has 0 aliphatic heterocycles. The van der Waals surface area contributed by atoms with Gasteiger partial charge in [0.25, 0.3) is 0 Å². The second kappa shape index (κ2) is 3.40. The molecule has 5 heteroatoms. The highest BCUT2D eigenvalue weighted by Crippen LogP contribution is 2.05. The van der Waals surface area contributed by atoms with Gasteiger partial charge in [-0.25, -0.2) is 9.97 Å². The van der Waals surface area contributed by atoms with Gasteiger partial charge in [-0.1, -0.05) is 0 Å². The van der Waals surface area contributed by atoms with E-state index in [4.69, 9.17) is 0 Å². The Morgan fingerprint density at radius 3 is 2.85 bits per heavy atom. The van der Waals surface area contributed by atoms with Gasteiger partial charge in [0.05, 0.1) is 0 Å². The van der Waals surface area contributed by atoms with Gasteiger partial charge in [-0.3, -0.25) is 4.79 Å². The van der Waals surface area contributed by atoms with Gasteiger partial charge in [0.15, 0.2) is 0 Å². The number of hydrogen-bond donors (Lipinski definition) is 0. The molecule has 0 spiro atoms. The molecule has 0 fully saturated rings. The van der Waals surface area contributed by atoms with E-state index in [0.29, 0.717) is 11.4 Å². The Morgan fingerprint density at radius 2 is 2.23 bits per heavy atom. The van der Waals surface area contributed by atoms with Crippen molar-refractivity contribution in [2.45, 2.75) is 0 Å². The molecule has 0 saturated carbocycles. The zero-order valence-electron chi connectivity index (χ0n) is 6.54. The highest BCUT2D eigenvalue weighted by molar-refractivity contribution is 7.03. The third-order valence-electron chi connectivity index (χ3n) is 1.49. The SMILES string of the molecule is O=C(c1ccncn1)c1ccsn1. The topological polar surface area (TPSA) is 55.7 Å². The van der Waals surface area contributed by atoms with Gasteiger partial charge in [-0.2, -0.15) is 4.37 Å². The smallest absolute Gasteiger partial charge is 0.230 e. The summed E-state index contributed by atoms with van der Waals surface area (Å²) in [5.74, 6) is -0.163. The second-order valence-corrected chi connectivity index (χ2v) is 2.97. The Balaban J connectivity index is 2.34. The molecule has 0 N–H and O–H groups in total. The number of carbonyl (C=O) groups is 1. The summed E-state index contributed by atoms with van der Waals surface area (Å²) in [6.45, 7) is 0. The van der Waals surface area contributed by atoms with Crippen molar-refractivity contribution in [1.82, 2.24) is 14.3 Å². The summed E-state index contributed by atoms with van der Waals surface area (Å²) in [6, 6.07) is 3.25. The standard InChI is InChI=1S/C8H5N3OS/c12-8(7-2-4-13-11-7)6-1-3-9-5-10-6/h1-5H. The van der Waals surface area contributed by atoms with Gasteiger partial charge in [-0.05, 0) is 23.7 Å². The molecule has 2 heterocycles. The molecular weight excluding hydrogens is 186 g/mol. The fourth-order valence-corrected chi connectivity index (χ4v) is 1.39. The van der Waals surface area contributed by atoms with Crippen LogP contribution in [-0.2, 0) is 0 Å². The number of hydrogen-bond acceptors (Lipinski definition) is 5. The molecule has 4 nitrogen and oxygen atoms in total. The van der Waals surface area contributed by atoms with Crippen LogP contribution in [0.3, 0.4) is 0 Å². The molecule has 0 aromatic carbocycles. The van der Waals surface area contributed by atoms with E-state index in [1.165, 1.54) is 24.1 Å². The maximum absolute atomic E-state index is 11.6. The molecule has 64 valence electrons. The lowest BCUT2D eigenvalue weighted by atomic mass is 10.2. The van der Waals surface area contributed by atoms with E-state index < -0.39 is 0 Å². The lowest BCUT2D eigenvalue weighted by Gasteiger charge is -1.93. The van der Waals surface area contributed by atoms with Gasteiger partial charge in [0, 0.05) is 11.6 Å². The Bertz CT molecular complexity index is 399. The van der Waals surface area contributed by atoms with Gasteiger partial charge in [0.2, 0.25) is 5.78 Å². The van der Waals surface area contributed by atoms with Crippen molar-refractivity contribution >= 4 is 17.3 Å². The van der Waals surface area contributed by atoms with E-state index in [1.807, 2.05) is 0 Å². The van der Waals surface area contributed by atoms with Crippen LogP contribution < -0.4 is 0 Å². The molecule has 0 aliphatic carbocycles. The number of rotatable bonds is 2. The average molecular weight is 191 g/mol. The molecule has 0 radical (unpaired) electrons. The number of ketones is 1. The van der Waals surface area contributed by atoms with Crippen molar-refractivity contribution in [1.29, 1.82) is 0 Å². The number of nitrogens with zero attached hydrogens (tertiary/aromatic N) is 3. The van der Waals surface area contributed by atoms with Gasteiger partial charge < -0.3 is 0 Å². The summed E-state index contributed by atoms with van der Waals surface area (Å²) in [5.41, 5.74) is 0.810. The van der Waals surface area contributed by atoms with E-state index in [0.717, 1.165) is 0 Å². The first kappa shape index (κ1) is 8.00. The Morgan fingerprint density at radius 1 is 1.31 bits per heavy atom. The monoisotopic (exact) mass is 191 g/mol. The first-order valence-electron chi connectivity index (χ1n) is 3.59. The van der Waals surface area contributed by atoms with Crippen LogP contribution in [0.1, 0.15) is 16.2 Å². The van der Waals surface area contributed by atoms with Crippen LogP contribution in [-0.4, -0.2) is 20.1 Å². The quantitative estimate of drug-likeness (QED) is 0.668. The summed E-state index contributed by atoms with van der Waals surface area (Å²) in [7, 11) is 0. The van der Waals surface area contributed by atoms with E-state index in [9.17, 15) is 4.79 Å². The van der Waals surface area contributed by atoms with E-state index in [1.54, 1.807) is 17.5 Å². The van der Waals surface area contributed by atoms with Gasteiger partial charge >= 0.3 is 0 Å². The van der Waals surface area contributed by atoms with Crippen LogP contribution in [0.25, 0.3) is 0 Å². The van der Waals surface area contributed by atoms with Gasteiger partial charge in [-0.15, -0.1) is 0 Å². The van der Waals surface area contributed by atoms with Crippen molar-refractivity contribution in [3.63, 3.8) is 0 Å². The van der Waals surface area contributed by atoms with E-state index >= 15 is 0 Å². The van der Waals surface area contributed by atoms with E-state index in [2.05, 4.69) is 14.3 Å². The fraction of sp³-hybridized carbons (Fsp3) is 0. The van der Waals surface area contributed by atoms with Crippen molar-refractivity contribution in [3.8, 4) is 0 Å². The van der Waals surface area contributed by atoms with Crippen molar-refractivity contribution in [2.75, 3.05) is 0 Å². The fourth-order valence-electron chi connectivity index (χ4n) is 0.886. The van der Waals surface area contributed by atoms with Crippen molar-refractivity contribution < 1.29 is 4.79 Å². The molecule has 0 aliphatic rings. The minimum absolute atomic E-state index is 0.163. The van der Waals surface area contributed by atoms with Crippen LogP contribution in [0.5, 0.6) is 0 Å². The number of aromatic nitrogens is 3. The molecule has 0 amide bonds. The normalized spacial score (nSPS) is 9.85. The predicted molar refractivity (Wildman–Crippen MR) is 47.6 cm³/mol. The highest BCUT2D eigenvalue weighted by atomic mass is 32.1.